The van der Waals surface area contributed by atoms with E-state index in [1.165, 1.54) is 11.4 Å². The normalized spacial score (nSPS) is 16.4. The van der Waals surface area contributed by atoms with Crippen molar-refractivity contribution in [3.63, 3.8) is 0 Å². The minimum atomic E-state index is -3.98. The van der Waals surface area contributed by atoms with Crippen LogP contribution in [0.4, 0.5) is 0 Å². The highest BCUT2D eigenvalue weighted by Gasteiger charge is 2.36. The topological polar surface area (TPSA) is 84.9 Å². The molecule has 1 aliphatic rings. The maximum absolute atomic E-state index is 13.9. The predicted molar refractivity (Wildman–Crippen MR) is 135 cm³/mol. The summed E-state index contributed by atoms with van der Waals surface area (Å²) in [4.78, 5) is 13.1. The largest absolute Gasteiger partial charge is 0.493 e. The third-order valence-corrected chi connectivity index (χ3v) is 8.08. The number of sulfonamides is 1. The molecule has 4 rings (SSSR count). The van der Waals surface area contributed by atoms with Gasteiger partial charge in [-0.15, -0.1) is 0 Å². The Bertz CT molecular complexity index is 1260. The van der Waals surface area contributed by atoms with E-state index < -0.39 is 16.1 Å². The lowest BCUT2D eigenvalue weighted by Crippen LogP contribution is -2.48. The molecule has 1 heterocycles. The maximum atomic E-state index is 13.9. The summed E-state index contributed by atoms with van der Waals surface area (Å²) in [6.07, 6.45) is 2.03. The van der Waals surface area contributed by atoms with Crippen molar-refractivity contribution in [3.05, 3.63) is 78.4 Å². The van der Waals surface area contributed by atoms with Crippen LogP contribution in [0.15, 0.2) is 77.7 Å². The van der Waals surface area contributed by atoms with Crippen LogP contribution in [0.5, 0.6) is 11.5 Å². The average molecular weight is 495 g/mol. The third-order valence-electron chi connectivity index (χ3n) is 6.21. The predicted octanol–water partition coefficient (Wildman–Crippen LogP) is 4.23. The van der Waals surface area contributed by atoms with Crippen molar-refractivity contribution in [1.29, 1.82) is 0 Å². The molecule has 8 heteroatoms. The van der Waals surface area contributed by atoms with Gasteiger partial charge in [0.25, 0.3) is 0 Å². The Labute approximate surface area is 206 Å². The van der Waals surface area contributed by atoms with Gasteiger partial charge < -0.3 is 14.8 Å². The molecule has 1 amide bonds. The van der Waals surface area contributed by atoms with Gasteiger partial charge in [-0.05, 0) is 60.2 Å². The summed E-state index contributed by atoms with van der Waals surface area (Å²) in [6, 6.07) is 21.0. The first-order chi connectivity index (χ1) is 16.9. The number of hydrogen-bond donors (Lipinski definition) is 1. The van der Waals surface area contributed by atoms with Gasteiger partial charge in [0.1, 0.15) is 6.04 Å². The molecule has 0 aromatic heterocycles. The summed E-state index contributed by atoms with van der Waals surface area (Å²) in [5.74, 6) is 0.779. The Morgan fingerprint density at radius 1 is 0.886 bits per heavy atom. The zero-order valence-electron chi connectivity index (χ0n) is 19.9. The quantitative estimate of drug-likeness (QED) is 0.507. The van der Waals surface area contributed by atoms with Gasteiger partial charge in [-0.1, -0.05) is 48.5 Å². The first-order valence-corrected chi connectivity index (χ1v) is 13.0. The van der Waals surface area contributed by atoms with E-state index in [9.17, 15) is 13.2 Å². The van der Waals surface area contributed by atoms with Gasteiger partial charge in [-0.2, -0.15) is 4.31 Å². The lowest BCUT2D eigenvalue weighted by atomic mass is 10.1. The fraction of sp³-hybridized carbons (Fsp3) is 0.296. The van der Waals surface area contributed by atoms with Crippen molar-refractivity contribution in [1.82, 2.24) is 9.62 Å². The number of rotatable bonds is 8. The van der Waals surface area contributed by atoms with Crippen LogP contribution >= 0.6 is 0 Å². The first-order valence-electron chi connectivity index (χ1n) is 11.6. The molecule has 1 atom stereocenters. The highest BCUT2D eigenvalue weighted by atomic mass is 32.2. The van der Waals surface area contributed by atoms with Crippen molar-refractivity contribution < 1.29 is 22.7 Å². The van der Waals surface area contributed by atoms with E-state index in [1.54, 1.807) is 49.6 Å². The van der Waals surface area contributed by atoms with Crippen LogP contribution in [0.25, 0.3) is 11.1 Å². The van der Waals surface area contributed by atoms with Crippen LogP contribution in [0, 0.1) is 0 Å². The summed E-state index contributed by atoms with van der Waals surface area (Å²) in [7, 11) is -0.906. The molecule has 1 saturated heterocycles. The monoisotopic (exact) mass is 494 g/mol. The van der Waals surface area contributed by atoms with Gasteiger partial charge in [0.15, 0.2) is 11.5 Å². The van der Waals surface area contributed by atoms with Crippen LogP contribution in [0.2, 0.25) is 0 Å². The van der Waals surface area contributed by atoms with Crippen molar-refractivity contribution in [3.8, 4) is 22.6 Å². The Kier molecular flexibility index (Phi) is 7.73. The smallest absolute Gasteiger partial charge is 0.244 e. The Hall–Kier alpha value is -3.36. The Balaban J connectivity index is 1.71. The van der Waals surface area contributed by atoms with E-state index in [0.717, 1.165) is 24.0 Å². The molecule has 1 aliphatic heterocycles. The second-order valence-electron chi connectivity index (χ2n) is 8.43. The number of nitrogens with one attached hydrogen (secondary N) is 1. The van der Waals surface area contributed by atoms with Crippen LogP contribution in [0.1, 0.15) is 24.8 Å². The molecule has 0 saturated carbocycles. The van der Waals surface area contributed by atoms with E-state index in [2.05, 4.69) is 5.32 Å². The number of carbonyl (C=O) groups is 1. The fourth-order valence-corrected chi connectivity index (χ4v) is 5.91. The van der Waals surface area contributed by atoms with Crippen molar-refractivity contribution >= 4 is 15.9 Å². The van der Waals surface area contributed by atoms with E-state index in [0.29, 0.717) is 30.0 Å². The first kappa shape index (κ1) is 24.8. The van der Waals surface area contributed by atoms with Crippen LogP contribution in [-0.2, 0) is 21.4 Å². The molecule has 35 heavy (non-hydrogen) atoms. The minimum absolute atomic E-state index is 0.0290. The summed E-state index contributed by atoms with van der Waals surface area (Å²) in [5, 5.41) is 2.87. The highest BCUT2D eigenvalue weighted by Crippen LogP contribution is 2.31. The molecule has 184 valence electrons. The van der Waals surface area contributed by atoms with Gasteiger partial charge in [0.05, 0.1) is 19.1 Å². The van der Waals surface area contributed by atoms with Gasteiger partial charge in [0, 0.05) is 13.1 Å². The number of methoxy groups -OCH3 is 2. The lowest BCUT2D eigenvalue weighted by molar-refractivity contribution is -0.124. The van der Waals surface area contributed by atoms with Crippen LogP contribution in [-0.4, -0.2) is 45.4 Å². The van der Waals surface area contributed by atoms with Crippen molar-refractivity contribution in [2.45, 2.75) is 36.7 Å². The Morgan fingerprint density at radius 3 is 2.26 bits per heavy atom. The molecule has 0 bridgehead atoms. The molecule has 1 N–H and O–H groups in total. The highest BCUT2D eigenvalue weighted by molar-refractivity contribution is 7.89. The van der Waals surface area contributed by atoms with Gasteiger partial charge in [-0.3, -0.25) is 4.79 Å². The zero-order valence-corrected chi connectivity index (χ0v) is 20.8. The molecule has 3 aromatic carbocycles. The molecule has 1 unspecified atom stereocenters. The molecular formula is C27H30N2O5S. The van der Waals surface area contributed by atoms with E-state index >= 15 is 0 Å². The van der Waals surface area contributed by atoms with Gasteiger partial charge >= 0.3 is 0 Å². The van der Waals surface area contributed by atoms with E-state index in [-0.39, 0.29) is 17.3 Å². The van der Waals surface area contributed by atoms with Crippen LogP contribution in [0.3, 0.4) is 0 Å². The number of benzene rings is 3. The summed E-state index contributed by atoms with van der Waals surface area (Å²) in [6.45, 7) is 0.576. The zero-order chi connectivity index (χ0) is 24.8. The summed E-state index contributed by atoms with van der Waals surface area (Å²) in [5.41, 5.74) is 2.62. The van der Waals surface area contributed by atoms with Crippen molar-refractivity contribution in [2.24, 2.45) is 0 Å². The van der Waals surface area contributed by atoms with Crippen molar-refractivity contribution in [2.75, 3.05) is 20.8 Å². The fourth-order valence-electron chi connectivity index (χ4n) is 4.30. The Morgan fingerprint density at radius 2 is 1.57 bits per heavy atom. The second kappa shape index (κ2) is 10.9. The average Bonchev–Trinajstić information content (AvgIpc) is 3.11. The molecule has 0 aliphatic carbocycles. The molecule has 0 radical (unpaired) electrons. The molecule has 7 nitrogen and oxygen atoms in total. The molecule has 1 fully saturated rings. The molecule has 0 spiro atoms. The molecular weight excluding hydrogens is 464 g/mol. The summed E-state index contributed by atoms with van der Waals surface area (Å²) >= 11 is 0. The SMILES string of the molecule is COc1ccc(CN(C2CCCCNC2=O)S(=O)(=O)c2ccc(-c3ccccc3)cc2)cc1OC. The molecule has 3 aromatic rings. The van der Waals surface area contributed by atoms with E-state index in [1.807, 2.05) is 30.3 Å². The second-order valence-corrected chi connectivity index (χ2v) is 10.3. The number of amides is 1. The maximum Gasteiger partial charge on any atom is 0.244 e. The number of nitrogens with zero attached hydrogens (tertiary/aromatic N) is 1. The van der Waals surface area contributed by atoms with Crippen LogP contribution < -0.4 is 14.8 Å². The van der Waals surface area contributed by atoms with Gasteiger partial charge in [0.2, 0.25) is 15.9 Å². The minimum Gasteiger partial charge on any atom is -0.493 e. The standard InChI is InChI=1S/C27H30N2O5S/c1-33-25-16-11-20(18-26(25)34-2)19-29(24-10-6-7-17-28-27(24)30)35(31,32)23-14-12-22(13-15-23)21-8-4-3-5-9-21/h3-5,8-9,11-16,18,24H,6-7,10,17,19H2,1-2H3,(H,28,30). The summed E-state index contributed by atoms with van der Waals surface area (Å²) < 4.78 is 39.8. The lowest BCUT2D eigenvalue weighted by Gasteiger charge is -2.29. The van der Waals surface area contributed by atoms with Gasteiger partial charge in [-0.25, -0.2) is 8.42 Å². The number of hydrogen-bond acceptors (Lipinski definition) is 5. The number of carbonyl (C=O) groups excluding carboxylic acids is 1. The number of ether oxygens (including phenoxy) is 2. The van der Waals surface area contributed by atoms with E-state index in [4.69, 9.17) is 9.47 Å². The third kappa shape index (κ3) is 5.49.